The van der Waals surface area contributed by atoms with E-state index in [0.717, 1.165) is 55.0 Å². The number of ether oxygens (including phenoxy) is 2. The van der Waals surface area contributed by atoms with Crippen molar-refractivity contribution in [3.05, 3.63) is 23.3 Å². The normalized spacial score (nSPS) is 10.5. The van der Waals surface area contributed by atoms with Crippen molar-refractivity contribution in [1.82, 2.24) is 5.32 Å². The van der Waals surface area contributed by atoms with Gasteiger partial charge in [0.15, 0.2) is 0 Å². The summed E-state index contributed by atoms with van der Waals surface area (Å²) in [6.45, 7) is 4.11. The first-order chi connectivity index (χ1) is 9.22. The lowest BCUT2D eigenvalue weighted by molar-refractivity contribution is 0.284. The van der Waals surface area contributed by atoms with Crippen molar-refractivity contribution >= 4 is 0 Å². The van der Waals surface area contributed by atoms with Crippen molar-refractivity contribution in [3.63, 3.8) is 0 Å². The molecule has 0 amide bonds. The Hall–Kier alpha value is -1.26. The smallest absolute Gasteiger partial charge is 0.122 e. The fraction of sp³-hybridized carbons (Fsp3) is 0.600. The van der Waals surface area contributed by atoms with Gasteiger partial charge in [-0.15, -0.1) is 0 Å². The van der Waals surface area contributed by atoms with Crippen molar-refractivity contribution in [2.45, 2.75) is 26.2 Å². The maximum absolute atomic E-state index is 8.69. The van der Waals surface area contributed by atoms with Crippen molar-refractivity contribution in [1.29, 1.82) is 0 Å². The SMILES string of the molecule is COc1cc(CCNCCCCO)c(OC)cc1C. The van der Waals surface area contributed by atoms with E-state index < -0.39 is 0 Å². The molecule has 0 saturated heterocycles. The minimum Gasteiger partial charge on any atom is -0.496 e. The van der Waals surface area contributed by atoms with E-state index in [-0.39, 0.29) is 6.61 Å². The molecule has 2 N–H and O–H groups in total. The second-order valence-corrected chi connectivity index (χ2v) is 4.56. The summed E-state index contributed by atoms with van der Waals surface area (Å²) in [5, 5.41) is 12.1. The first-order valence-electron chi connectivity index (χ1n) is 6.76. The summed E-state index contributed by atoms with van der Waals surface area (Å²) in [5.74, 6) is 1.81. The first kappa shape index (κ1) is 15.8. The van der Waals surface area contributed by atoms with Crippen LogP contribution in [0.3, 0.4) is 0 Å². The molecule has 0 spiro atoms. The van der Waals surface area contributed by atoms with Gasteiger partial charge in [0.2, 0.25) is 0 Å². The molecule has 0 atom stereocenters. The van der Waals surface area contributed by atoms with Gasteiger partial charge < -0.3 is 19.9 Å². The number of hydrogen-bond acceptors (Lipinski definition) is 4. The first-order valence-corrected chi connectivity index (χ1v) is 6.76. The Morgan fingerprint density at radius 1 is 1.05 bits per heavy atom. The van der Waals surface area contributed by atoms with Crippen LogP contribution in [0.25, 0.3) is 0 Å². The molecule has 1 aromatic carbocycles. The van der Waals surface area contributed by atoms with E-state index >= 15 is 0 Å². The van der Waals surface area contributed by atoms with Gasteiger partial charge in [-0.3, -0.25) is 0 Å². The van der Waals surface area contributed by atoms with Crippen LogP contribution in [0.2, 0.25) is 0 Å². The molecule has 0 saturated carbocycles. The van der Waals surface area contributed by atoms with Gasteiger partial charge >= 0.3 is 0 Å². The maximum atomic E-state index is 8.69. The molecule has 0 unspecified atom stereocenters. The zero-order valence-corrected chi connectivity index (χ0v) is 12.2. The third-order valence-electron chi connectivity index (χ3n) is 3.13. The molecule has 0 fully saturated rings. The van der Waals surface area contributed by atoms with Crippen LogP contribution in [0.15, 0.2) is 12.1 Å². The van der Waals surface area contributed by atoms with Crippen LogP contribution >= 0.6 is 0 Å². The predicted molar refractivity (Wildman–Crippen MR) is 77.2 cm³/mol. The predicted octanol–water partition coefficient (Wildman–Crippen LogP) is 1.92. The van der Waals surface area contributed by atoms with Crippen LogP contribution in [-0.2, 0) is 6.42 Å². The zero-order chi connectivity index (χ0) is 14.1. The van der Waals surface area contributed by atoms with E-state index in [1.165, 1.54) is 0 Å². The molecular formula is C15H25NO3. The molecule has 0 bridgehead atoms. The van der Waals surface area contributed by atoms with Crippen LogP contribution in [0.4, 0.5) is 0 Å². The number of hydrogen-bond donors (Lipinski definition) is 2. The minimum absolute atomic E-state index is 0.269. The van der Waals surface area contributed by atoms with Gasteiger partial charge in [0, 0.05) is 6.61 Å². The number of unbranched alkanes of at least 4 members (excludes halogenated alkanes) is 1. The Balaban J connectivity index is 2.51. The van der Waals surface area contributed by atoms with E-state index in [4.69, 9.17) is 14.6 Å². The molecule has 0 aliphatic rings. The third kappa shape index (κ3) is 5.09. The van der Waals surface area contributed by atoms with E-state index in [9.17, 15) is 0 Å². The van der Waals surface area contributed by atoms with Crippen LogP contribution in [0, 0.1) is 6.92 Å². The second kappa shape index (κ2) is 8.77. The summed E-state index contributed by atoms with van der Waals surface area (Å²) >= 11 is 0. The topological polar surface area (TPSA) is 50.7 Å². The number of methoxy groups -OCH3 is 2. The summed E-state index contributed by atoms with van der Waals surface area (Å²) in [5.41, 5.74) is 2.23. The van der Waals surface area contributed by atoms with Crippen LogP contribution in [0.1, 0.15) is 24.0 Å². The van der Waals surface area contributed by atoms with Crippen LogP contribution < -0.4 is 14.8 Å². The highest BCUT2D eigenvalue weighted by Crippen LogP contribution is 2.28. The Kier molecular flexibility index (Phi) is 7.30. The van der Waals surface area contributed by atoms with Gasteiger partial charge in [-0.1, -0.05) is 0 Å². The molecule has 0 radical (unpaired) electrons. The Morgan fingerprint density at radius 2 is 1.79 bits per heavy atom. The summed E-state index contributed by atoms with van der Waals surface area (Å²) in [4.78, 5) is 0. The lowest BCUT2D eigenvalue weighted by Crippen LogP contribution is -2.19. The zero-order valence-electron chi connectivity index (χ0n) is 12.2. The van der Waals surface area contributed by atoms with Gasteiger partial charge in [0.1, 0.15) is 11.5 Å². The number of rotatable bonds is 9. The average molecular weight is 267 g/mol. The van der Waals surface area contributed by atoms with Gasteiger partial charge in [-0.2, -0.15) is 0 Å². The maximum Gasteiger partial charge on any atom is 0.122 e. The lowest BCUT2D eigenvalue weighted by atomic mass is 10.1. The average Bonchev–Trinajstić information content (AvgIpc) is 2.43. The highest BCUT2D eigenvalue weighted by atomic mass is 16.5. The monoisotopic (exact) mass is 267 g/mol. The van der Waals surface area contributed by atoms with E-state index in [2.05, 4.69) is 5.32 Å². The van der Waals surface area contributed by atoms with Crippen molar-refractivity contribution in [2.24, 2.45) is 0 Å². The van der Waals surface area contributed by atoms with E-state index in [1.54, 1.807) is 14.2 Å². The van der Waals surface area contributed by atoms with Gasteiger partial charge in [0.05, 0.1) is 14.2 Å². The summed E-state index contributed by atoms with van der Waals surface area (Å²) < 4.78 is 10.7. The summed E-state index contributed by atoms with van der Waals surface area (Å²) in [7, 11) is 3.38. The van der Waals surface area contributed by atoms with Crippen molar-refractivity contribution < 1.29 is 14.6 Å². The van der Waals surface area contributed by atoms with E-state index in [1.807, 2.05) is 19.1 Å². The second-order valence-electron chi connectivity index (χ2n) is 4.56. The molecule has 19 heavy (non-hydrogen) atoms. The molecule has 4 heteroatoms. The van der Waals surface area contributed by atoms with Crippen molar-refractivity contribution in [3.8, 4) is 11.5 Å². The highest BCUT2D eigenvalue weighted by Gasteiger charge is 2.08. The molecule has 0 aliphatic heterocycles. The number of aryl methyl sites for hydroxylation is 1. The molecule has 108 valence electrons. The molecule has 0 aliphatic carbocycles. The largest absolute Gasteiger partial charge is 0.496 e. The quantitative estimate of drug-likeness (QED) is 0.671. The Labute approximate surface area is 115 Å². The molecular weight excluding hydrogens is 242 g/mol. The Bertz CT molecular complexity index is 380. The van der Waals surface area contributed by atoms with Crippen molar-refractivity contribution in [2.75, 3.05) is 33.9 Å². The van der Waals surface area contributed by atoms with Crippen LogP contribution in [0.5, 0.6) is 11.5 Å². The molecule has 0 aromatic heterocycles. The number of benzene rings is 1. The van der Waals surface area contributed by atoms with Crippen LogP contribution in [-0.4, -0.2) is 39.0 Å². The third-order valence-corrected chi connectivity index (χ3v) is 3.13. The lowest BCUT2D eigenvalue weighted by Gasteiger charge is -2.13. The standard InChI is InChI=1S/C15H25NO3/c1-12-10-15(19-3)13(11-14(12)18-2)6-8-16-7-4-5-9-17/h10-11,16-17H,4-9H2,1-3H3. The van der Waals surface area contributed by atoms with Gasteiger partial charge in [0.25, 0.3) is 0 Å². The summed E-state index contributed by atoms with van der Waals surface area (Å²) in [6.07, 6.45) is 2.76. The highest BCUT2D eigenvalue weighted by molar-refractivity contribution is 5.46. The minimum atomic E-state index is 0.269. The summed E-state index contributed by atoms with van der Waals surface area (Å²) in [6, 6.07) is 4.06. The number of nitrogens with one attached hydrogen (secondary N) is 1. The molecule has 1 rings (SSSR count). The Morgan fingerprint density at radius 3 is 2.42 bits per heavy atom. The number of aliphatic hydroxyl groups excluding tert-OH is 1. The molecule has 4 nitrogen and oxygen atoms in total. The molecule has 0 heterocycles. The van der Waals surface area contributed by atoms with Gasteiger partial charge in [-0.25, -0.2) is 0 Å². The fourth-order valence-electron chi connectivity index (χ4n) is 2.02. The molecule has 1 aromatic rings. The fourth-order valence-corrected chi connectivity index (χ4v) is 2.02. The number of aliphatic hydroxyl groups is 1. The van der Waals surface area contributed by atoms with E-state index in [0.29, 0.717) is 0 Å². The van der Waals surface area contributed by atoms with Gasteiger partial charge in [-0.05, 0) is 62.5 Å².